The van der Waals surface area contributed by atoms with Gasteiger partial charge in [0.15, 0.2) is 0 Å². The second-order valence-corrected chi connectivity index (χ2v) is 5.38. The lowest BCUT2D eigenvalue weighted by Gasteiger charge is -2.28. The average Bonchev–Trinajstić information content (AvgIpc) is 2.62. The number of hydrogen-bond donors (Lipinski definition) is 2. The number of halogens is 1. The quantitative estimate of drug-likeness (QED) is 0.899. The highest BCUT2D eigenvalue weighted by molar-refractivity contribution is 6.04. The van der Waals surface area contributed by atoms with Gasteiger partial charge in [0.25, 0.3) is 5.91 Å². The maximum Gasteiger partial charge on any atom is 0.259 e. The normalized spacial score (nSPS) is 14.1. The van der Waals surface area contributed by atoms with Gasteiger partial charge in [-0.3, -0.25) is 4.79 Å². The van der Waals surface area contributed by atoms with E-state index in [0.717, 1.165) is 38.1 Å². The highest BCUT2D eigenvalue weighted by Gasteiger charge is 2.15. The van der Waals surface area contributed by atoms with Gasteiger partial charge >= 0.3 is 0 Å². The van der Waals surface area contributed by atoms with Crippen LogP contribution in [0.15, 0.2) is 36.4 Å². The summed E-state index contributed by atoms with van der Waals surface area (Å²) < 4.78 is 13.9. The van der Waals surface area contributed by atoms with Gasteiger partial charge in [-0.1, -0.05) is 6.07 Å². The summed E-state index contributed by atoms with van der Waals surface area (Å²) in [6, 6.07) is 10.9. The van der Waals surface area contributed by atoms with E-state index in [9.17, 15) is 9.18 Å². The highest BCUT2D eigenvalue weighted by atomic mass is 19.1. The first kappa shape index (κ1) is 15.9. The van der Waals surface area contributed by atoms with Gasteiger partial charge in [-0.15, -0.1) is 0 Å². The van der Waals surface area contributed by atoms with E-state index in [2.05, 4.69) is 20.5 Å². The largest absolute Gasteiger partial charge is 0.354 e. The van der Waals surface area contributed by atoms with E-state index in [-0.39, 0.29) is 11.1 Å². The summed E-state index contributed by atoms with van der Waals surface area (Å²) in [6.45, 7) is 3.45. The number of nitriles is 1. The number of amides is 1. The van der Waals surface area contributed by atoms with Crippen molar-refractivity contribution in [2.24, 2.45) is 0 Å². The van der Waals surface area contributed by atoms with Crippen LogP contribution in [0.25, 0.3) is 0 Å². The van der Waals surface area contributed by atoms with Crippen molar-refractivity contribution in [1.82, 2.24) is 10.3 Å². The number of carbonyl (C=O) groups excluding carboxylic acids is 1. The molecule has 7 heteroatoms. The van der Waals surface area contributed by atoms with Gasteiger partial charge in [0, 0.05) is 26.2 Å². The molecule has 1 aliphatic heterocycles. The minimum absolute atomic E-state index is 0.122. The van der Waals surface area contributed by atoms with Crippen molar-refractivity contribution in [3.8, 4) is 6.07 Å². The van der Waals surface area contributed by atoms with Crippen LogP contribution in [-0.2, 0) is 0 Å². The molecule has 1 amide bonds. The van der Waals surface area contributed by atoms with Crippen LogP contribution >= 0.6 is 0 Å². The van der Waals surface area contributed by atoms with Gasteiger partial charge in [-0.25, -0.2) is 9.37 Å². The molecule has 2 N–H and O–H groups in total. The van der Waals surface area contributed by atoms with Crippen molar-refractivity contribution < 1.29 is 9.18 Å². The molecule has 0 bridgehead atoms. The van der Waals surface area contributed by atoms with Gasteiger partial charge in [0.05, 0.1) is 17.2 Å². The lowest BCUT2D eigenvalue weighted by molar-refractivity contribution is 0.102. The van der Waals surface area contributed by atoms with Gasteiger partial charge in [-0.05, 0) is 30.3 Å². The lowest BCUT2D eigenvalue weighted by Crippen LogP contribution is -2.43. The van der Waals surface area contributed by atoms with Crippen LogP contribution in [0, 0.1) is 17.1 Å². The molecular weight excluding hydrogens is 309 g/mol. The second kappa shape index (κ2) is 7.06. The topological polar surface area (TPSA) is 81.0 Å². The van der Waals surface area contributed by atoms with Crippen molar-refractivity contribution in [3.63, 3.8) is 0 Å². The number of carbonyl (C=O) groups is 1. The summed E-state index contributed by atoms with van der Waals surface area (Å²) in [4.78, 5) is 18.8. The molecule has 1 aromatic carbocycles. The Morgan fingerprint density at radius 3 is 2.79 bits per heavy atom. The molecule has 1 aliphatic rings. The third kappa shape index (κ3) is 3.50. The van der Waals surface area contributed by atoms with Gasteiger partial charge in [0.1, 0.15) is 17.5 Å². The summed E-state index contributed by atoms with van der Waals surface area (Å²) in [6.07, 6.45) is 0. The van der Waals surface area contributed by atoms with Crippen LogP contribution in [0.5, 0.6) is 0 Å². The number of benzene rings is 1. The zero-order chi connectivity index (χ0) is 16.9. The van der Waals surface area contributed by atoms with Crippen molar-refractivity contribution in [3.05, 3.63) is 53.3 Å². The van der Waals surface area contributed by atoms with Crippen LogP contribution in [0.2, 0.25) is 0 Å². The molecular formula is C17H16FN5O. The van der Waals surface area contributed by atoms with E-state index in [1.165, 1.54) is 12.1 Å². The molecule has 2 heterocycles. The number of pyridine rings is 1. The summed E-state index contributed by atoms with van der Waals surface area (Å²) >= 11 is 0. The fourth-order valence-corrected chi connectivity index (χ4v) is 2.52. The molecule has 6 nitrogen and oxygen atoms in total. The third-order valence-electron chi connectivity index (χ3n) is 3.76. The molecule has 2 aromatic rings. The fourth-order valence-electron chi connectivity index (χ4n) is 2.52. The first-order chi connectivity index (χ1) is 11.7. The van der Waals surface area contributed by atoms with E-state index >= 15 is 0 Å². The molecule has 0 spiro atoms. The molecule has 0 aliphatic carbocycles. The number of anilines is 2. The smallest absolute Gasteiger partial charge is 0.259 e. The minimum Gasteiger partial charge on any atom is -0.354 e. The van der Waals surface area contributed by atoms with Crippen LogP contribution < -0.4 is 15.5 Å². The van der Waals surface area contributed by atoms with Gasteiger partial charge in [0.2, 0.25) is 0 Å². The first-order valence-corrected chi connectivity index (χ1v) is 7.61. The Morgan fingerprint density at radius 1 is 1.29 bits per heavy atom. The highest BCUT2D eigenvalue weighted by Crippen LogP contribution is 2.17. The Hall–Kier alpha value is -2.98. The predicted octanol–water partition coefficient (Wildman–Crippen LogP) is 1.75. The number of rotatable bonds is 3. The third-order valence-corrected chi connectivity index (χ3v) is 3.76. The summed E-state index contributed by atoms with van der Waals surface area (Å²) in [5.74, 6) is -0.193. The zero-order valence-electron chi connectivity index (χ0n) is 12.9. The average molecular weight is 325 g/mol. The maximum atomic E-state index is 13.9. The molecule has 1 fully saturated rings. The van der Waals surface area contributed by atoms with Gasteiger partial charge < -0.3 is 15.5 Å². The van der Waals surface area contributed by atoms with E-state index in [4.69, 9.17) is 5.26 Å². The Labute approximate surface area is 138 Å². The molecule has 0 radical (unpaired) electrons. The van der Waals surface area contributed by atoms with Gasteiger partial charge in [-0.2, -0.15) is 5.26 Å². The van der Waals surface area contributed by atoms with Crippen molar-refractivity contribution >= 4 is 17.5 Å². The van der Waals surface area contributed by atoms with E-state index in [1.807, 2.05) is 12.1 Å². The monoisotopic (exact) mass is 325 g/mol. The SMILES string of the molecule is N#Cc1ccc(C(=O)Nc2cccc(N3CCNCC3)n2)c(F)c1. The maximum absolute atomic E-state index is 13.9. The Balaban J connectivity index is 1.76. The molecule has 0 unspecified atom stereocenters. The van der Waals surface area contributed by atoms with Crippen LogP contribution in [0.3, 0.4) is 0 Å². The summed E-state index contributed by atoms with van der Waals surface area (Å²) in [5.41, 5.74) is 0.0475. The van der Waals surface area contributed by atoms with Crippen LogP contribution in [-0.4, -0.2) is 37.1 Å². The molecule has 1 aromatic heterocycles. The number of nitrogens with zero attached hydrogens (tertiary/aromatic N) is 3. The Bertz CT molecular complexity index is 796. The lowest BCUT2D eigenvalue weighted by atomic mass is 10.1. The minimum atomic E-state index is -0.732. The molecule has 0 atom stereocenters. The molecule has 122 valence electrons. The number of hydrogen-bond acceptors (Lipinski definition) is 5. The number of nitrogens with one attached hydrogen (secondary N) is 2. The predicted molar refractivity (Wildman–Crippen MR) is 88.4 cm³/mol. The Morgan fingerprint density at radius 2 is 2.08 bits per heavy atom. The first-order valence-electron chi connectivity index (χ1n) is 7.61. The molecule has 3 rings (SSSR count). The fraction of sp³-hybridized carbons (Fsp3) is 0.235. The van der Waals surface area contributed by atoms with Crippen molar-refractivity contribution in [2.75, 3.05) is 36.4 Å². The van der Waals surface area contributed by atoms with Crippen molar-refractivity contribution in [2.45, 2.75) is 0 Å². The van der Waals surface area contributed by atoms with E-state index < -0.39 is 11.7 Å². The molecule has 0 saturated carbocycles. The van der Waals surface area contributed by atoms with Crippen LogP contribution in [0.1, 0.15) is 15.9 Å². The van der Waals surface area contributed by atoms with Crippen LogP contribution in [0.4, 0.5) is 16.0 Å². The zero-order valence-corrected chi connectivity index (χ0v) is 12.9. The molecule has 24 heavy (non-hydrogen) atoms. The van der Waals surface area contributed by atoms with E-state index in [0.29, 0.717) is 5.82 Å². The number of aromatic nitrogens is 1. The molecule has 1 saturated heterocycles. The van der Waals surface area contributed by atoms with Crippen molar-refractivity contribution in [1.29, 1.82) is 5.26 Å². The second-order valence-electron chi connectivity index (χ2n) is 5.38. The Kier molecular flexibility index (Phi) is 4.68. The summed E-state index contributed by atoms with van der Waals surface area (Å²) in [7, 11) is 0. The van der Waals surface area contributed by atoms with E-state index in [1.54, 1.807) is 12.1 Å². The number of piperazine rings is 1. The summed E-state index contributed by atoms with van der Waals surface area (Å²) in [5, 5.41) is 14.6. The standard InChI is InChI=1S/C17H16FN5O/c18-14-10-12(11-19)4-5-13(14)17(24)22-15-2-1-3-16(21-15)23-8-6-20-7-9-23/h1-5,10,20H,6-9H2,(H,21,22,24).